The second-order valence-electron chi connectivity index (χ2n) is 4.29. The van der Waals surface area contributed by atoms with Crippen molar-refractivity contribution in [1.29, 1.82) is 0 Å². The molecule has 0 aliphatic rings. The zero-order chi connectivity index (χ0) is 12.6. The Bertz CT molecular complexity index is 463. The Kier molecular flexibility index (Phi) is 4.24. The molecule has 0 bridgehead atoms. The van der Waals surface area contributed by atoms with Gasteiger partial charge in [-0.3, -0.25) is 0 Å². The van der Waals surface area contributed by atoms with Crippen LogP contribution in [0.5, 0.6) is 0 Å². The van der Waals surface area contributed by atoms with Gasteiger partial charge in [0.15, 0.2) is 9.84 Å². The molecule has 0 heterocycles. The van der Waals surface area contributed by atoms with Crippen molar-refractivity contribution < 1.29 is 8.42 Å². The van der Waals surface area contributed by atoms with Crippen LogP contribution in [-0.2, 0) is 9.84 Å². The first-order chi connectivity index (χ1) is 7.16. The van der Waals surface area contributed by atoms with E-state index in [0.717, 1.165) is 10.0 Å². The van der Waals surface area contributed by atoms with Crippen molar-refractivity contribution in [3.63, 3.8) is 0 Å². The highest BCUT2D eigenvalue weighted by atomic mass is 79.9. The summed E-state index contributed by atoms with van der Waals surface area (Å²) in [5, 5.41) is 0. The van der Waals surface area contributed by atoms with E-state index in [1.54, 1.807) is 13.8 Å². The molecule has 1 rings (SSSR count). The minimum atomic E-state index is -3.12. The van der Waals surface area contributed by atoms with Gasteiger partial charge >= 0.3 is 0 Å². The molecule has 0 saturated carbocycles. The van der Waals surface area contributed by atoms with Crippen LogP contribution in [-0.4, -0.2) is 19.4 Å². The summed E-state index contributed by atoms with van der Waals surface area (Å²) in [6, 6.07) is 7.64. The van der Waals surface area contributed by atoms with Gasteiger partial charge < -0.3 is 0 Å². The van der Waals surface area contributed by atoms with Crippen molar-refractivity contribution in [3.05, 3.63) is 34.3 Å². The number of hydrogen-bond acceptors (Lipinski definition) is 2. The quantitative estimate of drug-likeness (QED) is 0.761. The van der Waals surface area contributed by atoms with Gasteiger partial charge in [-0.15, -0.1) is 0 Å². The molecule has 0 aliphatic heterocycles. The third-order valence-electron chi connectivity index (χ3n) is 2.73. The van der Waals surface area contributed by atoms with Gasteiger partial charge in [0.05, 0.1) is 9.57 Å². The number of alkyl halides is 1. The Hall–Kier alpha value is 0.130. The molecule has 0 radical (unpaired) electrons. The highest BCUT2D eigenvalue weighted by molar-refractivity contribution is 9.10. The van der Waals surface area contributed by atoms with Crippen LogP contribution in [0.4, 0.5) is 0 Å². The van der Waals surface area contributed by atoms with Crippen LogP contribution in [0.1, 0.15) is 24.2 Å². The van der Waals surface area contributed by atoms with E-state index in [-0.39, 0.29) is 4.83 Å². The van der Waals surface area contributed by atoms with Gasteiger partial charge in [-0.1, -0.05) is 44.0 Å². The first kappa shape index (κ1) is 14.2. The molecule has 0 amide bonds. The fraction of sp³-hybridized carbons (Fsp3) is 0.455. The Morgan fingerprint density at radius 1 is 1.19 bits per heavy atom. The number of hydrogen-bond donors (Lipinski definition) is 0. The molecule has 0 saturated heterocycles. The maximum absolute atomic E-state index is 11.7. The lowest BCUT2D eigenvalue weighted by atomic mass is 10.0. The predicted octanol–water partition coefficient (Wildman–Crippen LogP) is 3.71. The SMILES string of the molecule is CC(C)(C(Br)c1ccc(Br)cc1)S(C)(=O)=O. The maximum atomic E-state index is 11.7. The molecule has 2 nitrogen and oxygen atoms in total. The molecule has 0 aliphatic carbocycles. The zero-order valence-corrected chi connectivity index (χ0v) is 13.4. The minimum absolute atomic E-state index is 0.219. The monoisotopic (exact) mass is 368 g/mol. The average Bonchev–Trinajstić information content (AvgIpc) is 2.16. The Morgan fingerprint density at radius 2 is 1.62 bits per heavy atom. The van der Waals surface area contributed by atoms with Crippen LogP contribution in [0.15, 0.2) is 28.7 Å². The van der Waals surface area contributed by atoms with Crippen LogP contribution in [0.25, 0.3) is 0 Å². The van der Waals surface area contributed by atoms with Gasteiger partial charge in [0.1, 0.15) is 0 Å². The Labute approximate surface area is 114 Å². The highest BCUT2D eigenvalue weighted by Crippen LogP contribution is 2.39. The normalized spacial score (nSPS) is 14.8. The molecule has 1 atom stereocenters. The molecular formula is C11H14Br2O2S. The van der Waals surface area contributed by atoms with Gasteiger partial charge in [0.25, 0.3) is 0 Å². The van der Waals surface area contributed by atoms with E-state index in [1.165, 1.54) is 6.26 Å². The molecule has 16 heavy (non-hydrogen) atoms. The molecule has 1 aromatic carbocycles. The summed E-state index contributed by atoms with van der Waals surface area (Å²) in [5.74, 6) is 0. The molecular weight excluding hydrogens is 356 g/mol. The number of halogens is 2. The second kappa shape index (κ2) is 4.78. The fourth-order valence-corrected chi connectivity index (χ4v) is 3.32. The van der Waals surface area contributed by atoms with Gasteiger partial charge in [0, 0.05) is 10.7 Å². The van der Waals surface area contributed by atoms with Gasteiger partial charge in [-0.05, 0) is 31.5 Å². The highest BCUT2D eigenvalue weighted by Gasteiger charge is 2.38. The molecule has 0 fully saturated rings. The minimum Gasteiger partial charge on any atom is -0.229 e. The van der Waals surface area contributed by atoms with Gasteiger partial charge in [0.2, 0.25) is 0 Å². The summed E-state index contributed by atoms with van der Waals surface area (Å²) in [6.45, 7) is 3.45. The second-order valence-corrected chi connectivity index (χ2v) is 8.72. The molecule has 90 valence electrons. The lowest BCUT2D eigenvalue weighted by molar-refractivity contribution is 0.548. The van der Waals surface area contributed by atoms with Crippen molar-refractivity contribution >= 4 is 41.7 Å². The molecule has 1 unspecified atom stereocenters. The summed E-state index contributed by atoms with van der Waals surface area (Å²) in [6.07, 6.45) is 1.26. The van der Waals surface area contributed by atoms with E-state index in [9.17, 15) is 8.42 Å². The van der Waals surface area contributed by atoms with E-state index in [0.29, 0.717) is 0 Å². The maximum Gasteiger partial charge on any atom is 0.154 e. The third-order valence-corrected chi connectivity index (χ3v) is 7.38. The summed E-state index contributed by atoms with van der Waals surface area (Å²) in [7, 11) is -3.12. The molecule has 0 aromatic heterocycles. The molecule has 0 spiro atoms. The van der Waals surface area contributed by atoms with Gasteiger partial charge in [-0.2, -0.15) is 0 Å². The first-order valence-electron chi connectivity index (χ1n) is 4.75. The number of rotatable bonds is 3. The lowest BCUT2D eigenvalue weighted by Crippen LogP contribution is -2.35. The summed E-state index contributed by atoms with van der Waals surface area (Å²) in [4.78, 5) is -0.219. The summed E-state index contributed by atoms with van der Waals surface area (Å²) in [5.41, 5.74) is 0.957. The van der Waals surface area contributed by atoms with Crippen LogP contribution in [0.2, 0.25) is 0 Å². The van der Waals surface area contributed by atoms with E-state index in [4.69, 9.17) is 0 Å². The van der Waals surface area contributed by atoms with E-state index in [2.05, 4.69) is 31.9 Å². The smallest absolute Gasteiger partial charge is 0.154 e. The molecule has 0 N–H and O–H groups in total. The molecule has 1 aromatic rings. The van der Waals surface area contributed by atoms with Crippen molar-refractivity contribution in [2.24, 2.45) is 0 Å². The van der Waals surface area contributed by atoms with Crippen LogP contribution in [0, 0.1) is 0 Å². The standard InChI is InChI=1S/C11H14Br2O2S/c1-11(2,16(3,14)15)10(13)8-4-6-9(12)7-5-8/h4-7,10H,1-3H3. The van der Waals surface area contributed by atoms with Crippen LogP contribution < -0.4 is 0 Å². The third kappa shape index (κ3) is 2.87. The van der Waals surface area contributed by atoms with E-state index in [1.807, 2.05) is 24.3 Å². The number of sulfone groups is 1. The fourth-order valence-electron chi connectivity index (χ4n) is 1.22. The summed E-state index contributed by atoms with van der Waals surface area (Å²) >= 11 is 6.82. The predicted molar refractivity (Wildman–Crippen MR) is 74.7 cm³/mol. The Morgan fingerprint density at radius 3 is 2.00 bits per heavy atom. The van der Waals surface area contributed by atoms with Crippen molar-refractivity contribution in [1.82, 2.24) is 0 Å². The first-order valence-corrected chi connectivity index (χ1v) is 8.35. The number of benzene rings is 1. The van der Waals surface area contributed by atoms with Crippen LogP contribution in [0.3, 0.4) is 0 Å². The summed E-state index contributed by atoms with van der Waals surface area (Å²) < 4.78 is 23.5. The van der Waals surface area contributed by atoms with Crippen LogP contribution >= 0.6 is 31.9 Å². The van der Waals surface area contributed by atoms with Gasteiger partial charge in [-0.25, -0.2) is 8.42 Å². The van der Waals surface area contributed by atoms with Crippen molar-refractivity contribution in [2.45, 2.75) is 23.4 Å². The van der Waals surface area contributed by atoms with Crippen molar-refractivity contribution in [3.8, 4) is 0 Å². The zero-order valence-electron chi connectivity index (χ0n) is 9.37. The van der Waals surface area contributed by atoms with Crippen molar-refractivity contribution in [2.75, 3.05) is 6.26 Å². The van der Waals surface area contributed by atoms with E-state index < -0.39 is 14.6 Å². The topological polar surface area (TPSA) is 34.1 Å². The average molecular weight is 370 g/mol. The molecule has 5 heteroatoms. The van der Waals surface area contributed by atoms with E-state index >= 15 is 0 Å². The Balaban J connectivity index is 3.12. The largest absolute Gasteiger partial charge is 0.229 e. The lowest BCUT2D eigenvalue weighted by Gasteiger charge is -2.28.